The molecule has 3 rings (SSSR count). The van der Waals surface area contributed by atoms with E-state index < -0.39 is 10.0 Å². The van der Waals surface area contributed by atoms with Crippen molar-refractivity contribution in [3.63, 3.8) is 0 Å². The van der Waals surface area contributed by atoms with Crippen LogP contribution in [0.25, 0.3) is 0 Å². The van der Waals surface area contributed by atoms with Crippen molar-refractivity contribution in [3.05, 3.63) is 42.0 Å². The first kappa shape index (κ1) is 25.5. The van der Waals surface area contributed by atoms with Gasteiger partial charge in [0, 0.05) is 37.4 Å². The molecule has 0 atom stereocenters. The van der Waals surface area contributed by atoms with E-state index in [-0.39, 0.29) is 28.9 Å². The molecule has 0 spiro atoms. The second kappa shape index (κ2) is 10.9. The molecular weight excluding hydrogens is 456 g/mol. The Hall–Kier alpha value is -3.11. The van der Waals surface area contributed by atoms with Crippen LogP contribution in [0.1, 0.15) is 32.3 Å². The summed E-state index contributed by atoms with van der Waals surface area (Å²) in [5, 5.41) is 5.85. The molecule has 1 heterocycles. The number of rotatable bonds is 10. The van der Waals surface area contributed by atoms with Crippen LogP contribution in [0.4, 0.5) is 17.1 Å². The molecule has 0 unspecified atom stereocenters. The summed E-state index contributed by atoms with van der Waals surface area (Å²) in [4.78, 5) is 26.7. The van der Waals surface area contributed by atoms with Crippen LogP contribution in [0.5, 0.6) is 5.75 Å². The summed E-state index contributed by atoms with van der Waals surface area (Å²) in [6, 6.07) is 10.0. The molecule has 34 heavy (non-hydrogen) atoms. The number of anilines is 3. The highest BCUT2D eigenvalue weighted by molar-refractivity contribution is 7.89. The predicted octanol–water partition coefficient (Wildman–Crippen LogP) is 3.21. The molecule has 2 aromatic rings. The molecule has 2 amide bonds. The maximum Gasteiger partial charge on any atom is 0.243 e. The minimum absolute atomic E-state index is 0.0472. The fourth-order valence-corrected chi connectivity index (χ4v) is 5.52. The first-order valence-corrected chi connectivity index (χ1v) is 12.8. The quantitative estimate of drug-likeness (QED) is 0.532. The number of nitrogens with zero attached hydrogens (tertiary/aromatic N) is 2. The van der Waals surface area contributed by atoms with E-state index in [2.05, 4.69) is 10.6 Å². The molecule has 184 valence electrons. The lowest BCUT2D eigenvalue weighted by atomic mass is 10.1. The second-order valence-electron chi connectivity index (χ2n) is 7.95. The number of sulfonamides is 1. The van der Waals surface area contributed by atoms with Crippen molar-refractivity contribution in [2.75, 3.05) is 48.8 Å². The van der Waals surface area contributed by atoms with Crippen LogP contribution in [0, 0.1) is 6.92 Å². The zero-order chi connectivity index (χ0) is 24.9. The molecular formula is C24H32N4O5S. The van der Waals surface area contributed by atoms with Crippen LogP contribution in [-0.4, -0.2) is 57.8 Å². The van der Waals surface area contributed by atoms with Gasteiger partial charge < -0.3 is 20.3 Å². The van der Waals surface area contributed by atoms with Gasteiger partial charge in [0.15, 0.2) is 0 Å². The monoisotopic (exact) mass is 488 g/mol. The van der Waals surface area contributed by atoms with Crippen LogP contribution >= 0.6 is 0 Å². The van der Waals surface area contributed by atoms with Gasteiger partial charge in [-0.25, -0.2) is 8.42 Å². The molecule has 0 aromatic heterocycles. The minimum Gasteiger partial charge on any atom is -0.495 e. The fraction of sp³-hybridized carbons (Fsp3) is 0.417. The molecule has 0 saturated carbocycles. The summed E-state index contributed by atoms with van der Waals surface area (Å²) in [5.41, 5.74) is 2.74. The Kier molecular flexibility index (Phi) is 8.16. The lowest BCUT2D eigenvalue weighted by Crippen LogP contribution is -2.30. The third kappa shape index (κ3) is 5.34. The van der Waals surface area contributed by atoms with Crippen LogP contribution in [0.2, 0.25) is 0 Å². The van der Waals surface area contributed by atoms with Crippen molar-refractivity contribution in [2.24, 2.45) is 0 Å². The zero-order valence-electron chi connectivity index (χ0n) is 20.1. The normalized spacial score (nSPS) is 13.9. The smallest absolute Gasteiger partial charge is 0.243 e. The summed E-state index contributed by atoms with van der Waals surface area (Å²) < 4.78 is 32.4. The van der Waals surface area contributed by atoms with Crippen molar-refractivity contribution in [2.45, 2.75) is 38.5 Å². The Labute approximate surface area is 201 Å². The highest BCUT2D eigenvalue weighted by Gasteiger charge is 2.25. The number of nitrogens with one attached hydrogen (secondary N) is 2. The van der Waals surface area contributed by atoms with Crippen LogP contribution < -0.4 is 20.3 Å². The maximum absolute atomic E-state index is 12.9. The molecule has 1 aliphatic heterocycles. The van der Waals surface area contributed by atoms with E-state index in [0.29, 0.717) is 31.8 Å². The van der Waals surface area contributed by atoms with Crippen molar-refractivity contribution in [3.8, 4) is 5.75 Å². The molecule has 0 radical (unpaired) electrons. The van der Waals surface area contributed by atoms with Gasteiger partial charge in [-0.2, -0.15) is 4.31 Å². The molecule has 2 N–H and O–H groups in total. The Balaban J connectivity index is 1.75. The van der Waals surface area contributed by atoms with E-state index in [4.69, 9.17) is 4.74 Å². The topological polar surface area (TPSA) is 108 Å². The van der Waals surface area contributed by atoms with Crippen molar-refractivity contribution < 1.29 is 22.7 Å². The largest absolute Gasteiger partial charge is 0.495 e. The van der Waals surface area contributed by atoms with E-state index in [9.17, 15) is 18.0 Å². The van der Waals surface area contributed by atoms with Crippen molar-refractivity contribution in [1.29, 1.82) is 0 Å². The minimum atomic E-state index is -3.68. The molecule has 2 aromatic carbocycles. The van der Waals surface area contributed by atoms with Crippen molar-refractivity contribution >= 4 is 38.9 Å². The van der Waals surface area contributed by atoms with Gasteiger partial charge in [0.25, 0.3) is 0 Å². The van der Waals surface area contributed by atoms with E-state index >= 15 is 0 Å². The fourth-order valence-electron chi connectivity index (χ4n) is 4.04. The summed E-state index contributed by atoms with van der Waals surface area (Å²) in [6.45, 7) is 6.79. The lowest BCUT2D eigenvalue weighted by molar-refractivity contribution is -0.117. The molecule has 1 aliphatic rings. The molecule has 9 nitrogen and oxygen atoms in total. The van der Waals surface area contributed by atoms with Gasteiger partial charge in [0.1, 0.15) is 5.75 Å². The number of carbonyl (C=O) groups is 2. The number of hydrogen-bond donors (Lipinski definition) is 2. The number of hydrogen-bond acceptors (Lipinski definition) is 6. The Morgan fingerprint density at radius 2 is 1.88 bits per heavy atom. The van der Waals surface area contributed by atoms with E-state index in [1.54, 1.807) is 18.7 Å². The van der Waals surface area contributed by atoms with Gasteiger partial charge in [-0.1, -0.05) is 19.9 Å². The second-order valence-corrected chi connectivity index (χ2v) is 9.89. The van der Waals surface area contributed by atoms with Gasteiger partial charge >= 0.3 is 0 Å². The predicted molar refractivity (Wildman–Crippen MR) is 133 cm³/mol. The molecule has 1 fully saturated rings. The number of benzene rings is 2. The summed E-state index contributed by atoms with van der Waals surface area (Å²) in [6.07, 6.45) is 1.38. The van der Waals surface area contributed by atoms with E-state index in [1.807, 2.05) is 25.1 Å². The molecule has 0 bridgehead atoms. The Morgan fingerprint density at radius 3 is 2.50 bits per heavy atom. The first-order valence-electron chi connectivity index (χ1n) is 11.3. The lowest BCUT2D eigenvalue weighted by Gasteiger charge is -2.21. The van der Waals surface area contributed by atoms with Crippen molar-refractivity contribution in [1.82, 2.24) is 4.31 Å². The van der Waals surface area contributed by atoms with Crippen LogP contribution in [0.15, 0.2) is 41.3 Å². The standard InChI is InChI=1S/C24H32N4O5S/c1-5-27(6-2)34(31,32)18-12-13-22(33-4)20(15-18)26-23(29)16-25-19-9-7-10-21(17(19)3)28-14-8-11-24(28)30/h7,9-10,12-13,15,25H,5-6,8,11,14,16H2,1-4H3,(H,26,29). The Bertz CT molecular complexity index is 1160. The van der Waals surface area contributed by atoms with Gasteiger partial charge in [-0.05, 0) is 49.2 Å². The number of amides is 2. The third-order valence-electron chi connectivity index (χ3n) is 5.90. The van der Waals surface area contributed by atoms with Gasteiger partial charge in [0.2, 0.25) is 21.8 Å². The molecule has 1 saturated heterocycles. The average molecular weight is 489 g/mol. The summed E-state index contributed by atoms with van der Waals surface area (Å²) in [7, 11) is -2.23. The molecule has 10 heteroatoms. The highest BCUT2D eigenvalue weighted by atomic mass is 32.2. The van der Waals surface area contributed by atoms with Gasteiger partial charge in [0.05, 0.1) is 24.2 Å². The third-order valence-corrected chi connectivity index (χ3v) is 7.94. The van der Waals surface area contributed by atoms with Crippen LogP contribution in [0.3, 0.4) is 0 Å². The van der Waals surface area contributed by atoms with Crippen LogP contribution in [-0.2, 0) is 19.6 Å². The van der Waals surface area contributed by atoms with E-state index in [0.717, 1.165) is 23.4 Å². The Morgan fingerprint density at radius 1 is 1.15 bits per heavy atom. The highest BCUT2D eigenvalue weighted by Crippen LogP contribution is 2.31. The first-order chi connectivity index (χ1) is 16.2. The van der Waals surface area contributed by atoms with E-state index in [1.165, 1.54) is 29.6 Å². The number of methoxy groups -OCH3 is 1. The summed E-state index contributed by atoms with van der Waals surface area (Å²) >= 11 is 0. The average Bonchev–Trinajstić information content (AvgIpc) is 3.24. The number of carbonyl (C=O) groups excluding carboxylic acids is 2. The SMILES string of the molecule is CCN(CC)S(=O)(=O)c1ccc(OC)c(NC(=O)CNc2cccc(N3CCCC3=O)c2C)c1. The number of ether oxygens (including phenoxy) is 1. The maximum atomic E-state index is 12.9. The zero-order valence-corrected chi connectivity index (χ0v) is 20.9. The van der Waals surface area contributed by atoms with Gasteiger partial charge in [-0.15, -0.1) is 0 Å². The molecule has 0 aliphatic carbocycles. The summed E-state index contributed by atoms with van der Waals surface area (Å²) in [5.74, 6) is 0.0972. The van der Waals surface area contributed by atoms with Gasteiger partial charge in [-0.3, -0.25) is 9.59 Å².